The number of hydrogen-bond donors (Lipinski definition) is 2. The first-order chi connectivity index (χ1) is 16.3. The summed E-state index contributed by atoms with van der Waals surface area (Å²) in [6, 6.07) is 8.14. The molecule has 1 heterocycles. The van der Waals surface area contributed by atoms with E-state index in [4.69, 9.17) is 4.74 Å². The van der Waals surface area contributed by atoms with Crippen LogP contribution in [0.5, 0.6) is 0 Å². The Hall–Kier alpha value is -2.67. The molecule has 1 aliphatic carbocycles. The van der Waals surface area contributed by atoms with Gasteiger partial charge in [-0.2, -0.15) is 0 Å². The number of amides is 2. The standard InChI is InChI=1S/C27H38N2O5/c1-5-10-19-13-14-21-23(22(19)27(33)34-6-2)26(32)29(24(21)25(31)28-17(3)4)20(16-30)15-18-11-8-7-9-12-18/h7-9,11-14,17,19-24,30H,5-6,10,15-16H2,1-4H3,(H,28,31)/t19-,20-,21+,22-,23+,24+/m1/s1. The Morgan fingerprint density at radius 1 is 1.15 bits per heavy atom. The van der Waals surface area contributed by atoms with E-state index in [0.29, 0.717) is 6.42 Å². The number of likely N-dealkylation sites (tertiary alicyclic amines) is 1. The Balaban J connectivity index is 2.04. The lowest BCUT2D eigenvalue weighted by Crippen LogP contribution is -2.54. The minimum atomic E-state index is -0.795. The van der Waals surface area contributed by atoms with Crippen LogP contribution < -0.4 is 5.32 Å². The van der Waals surface area contributed by atoms with Crippen molar-refractivity contribution in [3.05, 3.63) is 48.0 Å². The van der Waals surface area contributed by atoms with Crippen LogP contribution in [-0.2, 0) is 25.5 Å². The Morgan fingerprint density at radius 3 is 2.44 bits per heavy atom. The van der Waals surface area contributed by atoms with Gasteiger partial charge in [-0.1, -0.05) is 55.8 Å². The van der Waals surface area contributed by atoms with Gasteiger partial charge in [0.2, 0.25) is 11.8 Å². The zero-order chi connectivity index (χ0) is 24.8. The zero-order valence-electron chi connectivity index (χ0n) is 20.6. The van der Waals surface area contributed by atoms with E-state index in [1.165, 1.54) is 0 Å². The lowest BCUT2D eigenvalue weighted by Gasteiger charge is -2.34. The number of allylic oxidation sites excluding steroid dienone is 1. The second-order valence-electron chi connectivity index (χ2n) is 9.60. The molecule has 34 heavy (non-hydrogen) atoms. The van der Waals surface area contributed by atoms with Gasteiger partial charge in [-0.3, -0.25) is 14.4 Å². The van der Waals surface area contributed by atoms with Crippen molar-refractivity contribution in [1.82, 2.24) is 10.2 Å². The summed E-state index contributed by atoms with van der Waals surface area (Å²) in [5.74, 6) is -2.81. The highest BCUT2D eigenvalue weighted by molar-refractivity contribution is 5.96. The number of fused-ring (bicyclic) bond motifs is 1. The fraction of sp³-hybridized carbons (Fsp3) is 0.593. The molecule has 1 aliphatic heterocycles. The summed E-state index contributed by atoms with van der Waals surface area (Å²) in [6.07, 6.45) is 5.97. The van der Waals surface area contributed by atoms with E-state index in [1.807, 2.05) is 63.3 Å². The number of benzene rings is 1. The Labute approximate surface area is 202 Å². The van der Waals surface area contributed by atoms with Gasteiger partial charge in [-0.05, 0) is 45.1 Å². The van der Waals surface area contributed by atoms with Crippen LogP contribution in [0.15, 0.2) is 42.5 Å². The number of nitrogens with zero attached hydrogens (tertiary/aromatic N) is 1. The molecular formula is C27H38N2O5. The molecular weight excluding hydrogens is 432 g/mol. The average Bonchev–Trinajstić information content (AvgIpc) is 3.10. The van der Waals surface area contributed by atoms with Crippen molar-refractivity contribution in [3.8, 4) is 0 Å². The van der Waals surface area contributed by atoms with Gasteiger partial charge in [0.25, 0.3) is 0 Å². The van der Waals surface area contributed by atoms with Crippen LogP contribution in [0.4, 0.5) is 0 Å². The van der Waals surface area contributed by atoms with E-state index < -0.39 is 29.8 Å². The van der Waals surface area contributed by atoms with E-state index in [-0.39, 0.29) is 43.0 Å². The number of rotatable bonds is 10. The molecule has 7 nitrogen and oxygen atoms in total. The lowest BCUT2D eigenvalue weighted by molar-refractivity contribution is -0.156. The number of nitrogens with one attached hydrogen (secondary N) is 1. The van der Waals surface area contributed by atoms with Gasteiger partial charge >= 0.3 is 5.97 Å². The predicted octanol–water partition coefficient (Wildman–Crippen LogP) is 2.72. The van der Waals surface area contributed by atoms with Crippen LogP contribution in [0.1, 0.15) is 46.1 Å². The number of aliphatic hydroxyl groups is 1. The summed E-state index contributed by atoms with van der Waals surface area (Å²) < 4.78 is 5.40. The van der Waals surface area contributed by atoms with Crippen LogP contribution in [0, 0.1) is 23.7 Å². The first-order valence-electron chi connectivity index (χ1n) is 12.5. The minimum Gasteiger partial charge on any atom is -0.466 e. The first-order valence-corrected chi connectivity index (χ1v) is 12.5. The molecule has 1 aromatic rings. The van der Waals surface area contributed by atoms with Gasteiger partial charge in [0.15, 0.2) is 0 Å². The molecule has 2 amide bonds. The van der Waals surface area contributed by atoms with Crippen molar-refractivity contribution < 1.29 is 24.2 Å². The number of carbonyl (C=O) groups is 3. The lowest BCUT2D eigenvalue weighted by atomic mass is 9.69. The SMILES string of the molecule is CCC[C@@H]1C=C[C@H]2[C@H](C(=O)N([C@@H](CO)Cc3ccccc3)[C@@H]2C(=O)NC(C)C)[C@@H]1C(=O)OCC. The van der Waals surface area contributed by atoms with Crippen molar-refractivity contribution in [3.63, 3.8) is 0 Å². The summed E-state index contributed by atoms with van der Waals surface area (Å²) in [6.45, 7) is 7.51. The van der Waals surface area contributed by atoms with Crippen molar-refractivity contribution >= 4 is 17.8 Å². The molecule has 0 radical (unpaired) electrons. The molecule has 2 N–H and O–H groups in total. The maximum absolute atomic E-state index is 14.0. The van der Waals surface area contributed by atoms with Crippen molar-refractivity contribution in [2.45, 2.75) is 65.1 Å². The van der Waals surface area contributed by atoms with Gasteiger partial charge in [-0.25, -0.2) is 0 Å². The first kappa shape index (κ1) is 25.9. The molecule has 0 spiro atoms. The second-order valence-corrected chi connectivity index (χ2v) is 9.60. The summed E-state index contributed by atoms with van der Waals surface area (Å²) in [5, 5.41) is 13.3. The normalized spacial score (nSPS) is 26.9. The Kier molecular flexibility index (Phi) is 8.89. The fourth-order valence-electron chi connectivity index (χ4n) is 5.51. The molecule has 1 aromatic carbocycles. The third-order valence-electron chi connectivity index (χ3n) is 6.85. The maximum atomic E-state index is 14.0. The fourth-order valence-corrected chi connectivity index (χ4v) is 5.51. The number of hydrogen-bond acceptors (Lipinski definition) is 5. The summed E-state index contributed by atoms with van der Waals surface area (Å²) >= 11 is 0. The molecule has 0 bridgehead atoms. The molecule has 6 atom stereocenters. The van der Waals surface area contributed by atoms with Crippen LogP contribution >= 0.6 is 0 Å². The van der Waals surface area contributed by atoms with Crippen LogP contribution in [-0.4, -0.2) is 59.1 Å². The number of esters is 1. The van der Waals surface area contributed by atoms with E-state index >= 15 is 0 Å². The third-order valence-corrected chi connectivity index (χ3v) is 6.85. The maximum Gasteiger partial charge on any atom is 0.310 e. The van der Waals surface area contributed by atoms with Gasteiger partial charge in [-0.15, -0.1) is 0 Å². The zero-order valence-corrected chi connectivity index (χ0v) is 20.6. The molecule has 186 valence electrons. The summed E-state index contributed by atoms with van der Waals surface area (Å²) in [5.41, 5.74) is 0.966. The smallest absolute Gasteiger partial charge is 0.310 e. The quantitative estimate of drug-likeness (QED) is 0.405. The average molecular weight is 471 g/mol. The van der Waals surface area contributed by atoms with E-state index in [1.54, 1.807) is 11.8 Å². The van der Waals surface area contributed by atoms with Gasteiger partial charge in [0.05, 0.1) is 31.1 Å². The number of ether oxygens (including phenoxy) is 1. The summed E-state index contributed by atoms with van der Waals surface area (Å²) in [7, 11) is 0. The summed E-state index contributed by atoms with van der Waals surface area (Å²) in [4.78, 5) is 42.0. The van der Waals surface area contributed by atoms with Gasteiger partial charge in [0, 0.05) is 12.0 Å². The van der Waals surface area contributed by atoms with Crippen molar-refractivity contribution in [2.24, 2.45) is 23.7 Å². The Morgan fingerprint density at radius 2 is 1.85 bits per heavy atom. The van der Waals surface area contributed by atoms with Crippen molar-refractivity contribution in [2.75, 3.05) is 13.2 Å². The molecule has 7 heteroatoms. The Bertz CT molecular complexity index is 884. The monoisotopic (exact) mass is 470 g/mol. The van der Waals surface area contributed by atoms with E-state index in [9.17, 15) is 19.5 Å². The van der Waals surface area contributed by atoms with E-state index in [0.717, 1.165) is 18.4 Å². The molecule has 1 saturated heterocycles. The topological polar surface area (TPSA) is 95.9 Å². The largest absolute Gasteiger partial charge is 0.466 e. The van der Waals surface area contributed by atoms with Crippen molar-refractivity contribution in [1.29, 1.82) is 0 Å². The van der Waals surface area contributed by atoms with Crippen LogP contribution in [0.2, 0.25) is 0 Å². The highest BCUT2D eigenvalue weighted by Crippen LogP contribution is 2.46. The minimum absolute atomic E-state index is 0.105. The third kappa shape index (κ3) is 5.35. The van der Waals surface area contributed by atoms with Crippen LogP contribution in [0.25, 0.3) is 0 Å². The van der Waals surface area contributed by atoms with Gasteiger partial charge in [0.1, 0.15) is 6.04 Å². The molecule has 0 saturated carbocycles. The van der Waals surface area contributed by atoms with E-state index in [2.05, 4.69) is 5.32 Å². The number of carbonyl (C=O) groups excluding carboxylic acids is 3. The number of aliphatic hydroxyl groups excluding tert-OH is 1. The molecule has 2 aliphatic rings. The molecule has 0 unspecified atom stereocenters. The second kappa shape index (κ2) is 11.6. The highest BCUT2D eigenvalue weighted by atomic mass is 16.5. The van der Waals surface area contributed by atoms with Gasteiger partial charge < -0.3 is 20.1 Å². The molecule has 3 rings (SSSR count). The highest BCUT2D eigenvalue weighted by Gasteiger charge is 2.58. The molecule has 0 aromatic heterocycles. The predicted molar refractivity (Wildman–Crippen MR) is 130 cm³/mol. The molecule has 1 fully saturated rings. The van der Waals surface area contributed by atoms with Crippen LogP contribution in [0.3, 0.4) is 0 Å².